The minimum absolute atomic E-state index is 0.740. The number of benzene rings is 1. The number of thioether (sulfide) groups is 1. The maximum atomic E-state index is 5.86. The van der Waals surface area contributed by atoms with Crippen LogP contribution in [0, 0.1) is 10.8 Å². The summed E-state index contributed by atoms with van der Waals surface area (Å²) in [6.45, 7) is 6.70. The van der Waals surface area contributed by atoms with Gasteiger partial charge in [0.2, 0.25) is 0 Å². The fourth-order valence-electron chi connectivity index (χ4n) is 0.792. The molecule has 0 aliphatic carbocycles. The van der Waals surface area contributed by atoms with E-state index in [1.165, 1.54) is 0 Å². The van der Waals surface area contributed by atoms with Gasteiger partial charge in [-0.15, -0.1) is 5.54 Å². The molecule has 1 aromatic rings. The van der Waals surface area contributed by atoms with Crippen molar-refractivity contribution >= 4 is 47.4 Å². The first-order valence-electron chi connectivity index (χ1n) is 4.52. The molecule has 0 unspecified atom stereocenters. The fraction of sp³-hybridized carbons (Fsp3) is 0.273. The molecule has 0 saturated carbocycles. The number of hydrogen-bond donors (Lipinski definition) is 0. The molecule has 1 aromatic carbocycles. The summed E-state index contributed by atoms with van der Waals surface area (Å²) in [4.78, 5) is 1.12. The van der Waals surface area contributed by atoms with Crippen LogP contribution >= 0.6 is 39.3 Å². The summed E-state index contributed by atoms with van der Waals surface area (Å²) in [5, 5.41) is 3.90. The second-order valence-electron chi connectivity index (χ2n) is 4.15. The highest BCUT2D eigenvalue weighted by Crippen LogP contribution is 2.29. The second kappa shape index (κ2) is 5.45. The van der Waals surface area contributed by atoms with Crippen LogP contribution in [0.2, 0.25) is 24.7 Å². The normalized spacial score (nSPS) is 10.7. The molecule has 0 atom stereocenters. The van der Waals surface area contributed by atoms with Crippen LogP contribution < -0.4 is 0 Å². The van der Waals surface area contributed by atoms with Crippen LogP contribution in [0.1, 0.15) is 0 Å². The van der Waals surface area contributed by atoms with E-state index in [1.807, 2.05) is 18.2 Å². The first kappa shape index (κ1) is 13.2. The van der Waals surface area contributed by atoms with Gasteiger partial charge in [-0.2, -0.15) is 0 Å². The summed E-state index contributed by atoms with van der Waals surface area (Å²) in [6, 6.07) is 5.75. The maximum Gasteiger partial charge on any atom is 0.130 e. The van der Waals surface area contributed by atoms with Crippen molar-refractivity contribution in [1.82, 2.24) is 0 Å². The zero-order chi connectivity index (χ0) is 11.5. The van der Waals surface area contributed by atoms with Crippen LogP contribution in [0.5, 0.6) is 0 Å². The van der Waals surface area contributed by atoms with Gasteiger partial charge in [-0.25, -0.2) is 0 Å². The standard InChI is InChI=1S/C11H12BrClSSi/c1-15(2,3)7-6-14-11-5-4-9(13)8-10(11)12/h4-5,8H,1-3H3. The Kier molecular flexibility index (Phi) is 4.79. The average molecular weight is 320 g/mol. The summed E-state index contributed by atoms with van der Waals surface area (Å²) in [6.07, 6.45) is 0. The predicted molar refractivity (Wildman–Crippen MR) is 76.1 cm³/mol. The van der Waals surface area contributed by atoms with E-state index in [1.54, 1.807) is 11.8 Å². The summed E-state index contributed by atoms with van der Waals surface area (Å²) in [7, 11) is -1.26. The Hall–Kier alpha value is 0.117. The fourth-order valence-corrected chi connectivity index (χ4v) is 3.55. The Morgan fingerprint density at radius 3 is 2.53 bits per heavy atom. The zero-order valence-electron chi connectivity index (χ0n) is 8.90. The Balaban J connectivity index is 2.77. The molecular formula is C11H12BrClSSi. The Bertz CT molecular complexity index is 415. The minimum Gasteiger partial charge on any atom is -0.120 e. The van der Waals surface area contributed by atoms with E-state index in [4.69, 9.17) is 11.6 Å². The third-order valence-corrected chi connectivity index (χ3v) is 4.47. The van der Waals surface area contributed by atoms with E-state index in [9.17, 15) is 0 Å². The molecule has 0 saturated heterocycles. The minimum atomic E-state index is -1.26. The lowest BCUT2D eigenvalue weighted by Gasteiger charge is -2.03. The smallest absolute Gasteiger partial charge is 0.120 e. The van der Waals surface area contributed by atoms with Crippen molar-refractivity contribution in [3.63, 3.8) is 0 Å². The van der Waals surface area contributed by atoms with Crippen molar-refractivity contribution in [2.24, 2.45) is 0 Å². The highest BCUT2D eigenvalue weighted by Gasteiger charge is 2.07. The molecule has 0 radical (unpaired) electrons. The quantitative estimate of drug-likeness (QED) is 0.397. The Morgan fingerprint density at radius 1 is 1.33 bits per heavy atom. The van der Waals surface area contributed by atoms with Crippen LogP contribution in [-0.2, 0) is 0 Å². The van der Waals surface area contributed by atoms with Gasteiger partial charge in [-0.1, -0.05) is 31.2 Å². The van der Waals surface area contributed by atoms with Gasteiger partial charge >= 0.3 is 0 Å². The van der Waals surface area contributed by atoms with Gasteiger partial charge < -0.3 is 0 Å². The van der Waals surface area contributed by atoms with E-state index in [-0.39, 0.29) is 0 Å². The molecular weight excluding hydrogens is 308 g/mol. The lowest BCUT2D eigenvalue weighted by atomic mass is 10.4. The summed E-state index contributed by atoms with van der Waals surface area (Å²) < 4.78 is 1.00. The third kappa shape index (κ3) is 5.12. The SMILES string of the molecule is C[Si](C)(C)C#CSc1ccc(Cl)cc1Br. The second-order valence-corrected chi connectivity index (χ2v) is 11.0. The summed E-state index contributed by atoms with van der Waals surface area (Å²) in [5.41, 5.74) is 3.31. The predicted octanol–water partition coefficient (Wildman–Crippen LogP) is 5.03. The van der Waals surface area contributed by atoms with Crippen LogP contribution in [-0.4, -0.2) is 8.07 Å². The molecule has 0 bridgehead atoms. The Morgan fingerprint density at radius 2 is 2.00 bits per heavy atom. The molecule has 0 aromatic heterocycles. The van der Waals surface area contributed by atoms with E-state index >= 15 is 0 Å². The molecule has 1 rings (SSSR count). The first-order valence-corrected chi connectivity index (χ1v) is 10.0. The Labute approximate surface area is 110 Å². The van der Waals surface area contributed by atoms with Crippen molar-refractivity contribution in [3.8, 4) is 10.8 Å². The molecule has 0 nitrogen and oxygen atoms in total. The van der Waals surface area contributed by atoms with Crippen molar-refractivity contribution in [1.29, 1.82) is 0 Å². The van der Waals surface area contributed by atoms with Crippen LogP contribution in [0.3, 0.4) is 0 Å². The van der Waals surface area contributed by atoms with Gasteiger partial charge in [0.05, 0.1) is 0 Å². The van der Waals surface area contributed by atoms with Crippen molar-refractivity contribution in [2.45, 2.75) is 24.5 Å². The molecule has 80 valence electrons. The van der Waals surface area contributed by atoms with Crippen LogP contribution in [0.25, 0.3) is 0 Å². The maximum absolute atomic E-state index is 5.86. The molecule has 0 N–H and O–H groups in total. The van der Waals surface area contributed by atoms with Crippen molar-refractivity contribution in [3.05, 3.63) is 27.7 Å². The monoisotopic (exact) mass is 318 g/mol. The van der Waals surface area contributed by atoms with Gasteiger partial charge in [0.1, 0.15) is 8.07 Å². The third-order valence-electron chi connectivity index (χ3n) is 1.48. The molecule has 0 aliphatic rings. The zero-order valence-corrected chi connectivity index (χ0v) is 13.1. The molecule has 0 aliphatic heterocycles. The molecule has 4 heteroatoms. The summed E-state index contributed by atoms with van der Waals surface area (Å²) in [5.74, 6) is 0. The summed E-state index contributed by atoms with van der Waals surface area (Å²) >= 11 is 10.9. The van der Waals surface area contributed by atoms with Gasteiger partial charge in [0, 0.05) is 14.4 Å². The molecule has 0 spiro atoms. The van der Waals surface area contributed by atoms with E-state index in [0.29, 0.717) is 0 Å². The van der Waals surface area contributed by atoms with E-state index in [2.05, 4.69) is 46.4 Å². The van der Waals surface area contributed by atoms with E-state index < -0.39 is 8.07 Å². The molecule has 0 fully saturated rings. The first-order chi connectivity index (χ1) is 6.88. The lowest BCUT2D eigenvalue weighted by molar-refractivity contribution is 1.42. The van der Waals surface area contributed by atoms with Crippen LogP contribution in [0.4, 0.5) is 0 Å². The number of halogens is 2. The largest absolute Gasteiger partial charge is 0.130 e. The van der Waals surface area contributed by atoms with E-state index in [0.717, 1.165) is 14.4 Å². The average Bonchev–Trinajstić information content (AvgIpc) is 2.07. The van der Waals surface area contributed by atoms with Crippen LogP contribution in [0.15, 0.2) is 27.6 Å². The van der Waals surface area contributed by atoms with Gasteiger partial charge in [0.25, 0.3) is 0 Å². The number of hydrogen-bond acceptors (Lipinski definition) is 1. The lowest BCUT2D eigenvalue weighted by Crippen LogP contribution is -2.15. The van der Waals surface area contributed by atoms with Crippen molar-refractivity contribution in [2.75, 3.05) is 0 Å². The van der Waals surface area contributed by atoms with Gasteiger partial charge in [-0.3, -0.25) is 0 Å². The highest BCUT2D eigenvalue weighted by molar-refractivity contribution is 9.10. The number of rotatable bonds is 1. The van der Waals surface area contributed by atoms with Gasteiger partial charge in [-0.05, 0) is 51.1 Å². The highest BCUT2D eigenvalue weighted by atomic mass is 79.9. The molecule has 0 amide bonds. The molecule has 15 heavy (non-hydrogen) atoms. The van der Waals surface area contributed by atoms with Gasteiger partial charge in [0.15, 0.2) is 0 Å². The van der Waals surface area contributed by atoms with Crippen molar-refractivity contribution < 1.29 is 0 Å². The molecule has 0 heterocycles. The topological polar surface area (TPSA) is 0 Å².